The molecule has 0 aliphatic carbocycles. The lowest BCUT2D eigenvalue weighted by Gasteiger charge is -2.15. The minimum Gasteiger partial charge on any atom is -0.298 e. The number of carbonyl (C=O) groups is 1. The molecular formula is C18H15F2N3O3S2. The van der Waals surface area contributed by atoms with Gasteiger partial charge in [0.2, 0.25) is 10.0 Å². The van der Waals surface area contributed by atoms with Crippen LogP contribution in [0.4, 0.5) is 13.9 Å². The number of halogens is 2. The summed E-state index contributed by atoms with van der Waals surface area (Å²) in [6.07, 6.45) is 1.63. The zero-order valence-corrected chi connectivity index (χ0v) is 16.1. The number of aromatic nitrogens is 1. The number of hydrogen-bond acceptors (Lipinski definition) is 5. The van der Waals surface area contributed by atoms with Gasteiger partial charge in [0, 0.05) is 24.7 Å². The molecule has 0 saturated carbocycles. The summed E-state index contributed by atoms with van der Waals surface area (Å²) in [5.41, 5.74) is 0.0956. The van der Waals surface area contributed by atoms with Crippen molar-refractivity contribution in [3.8, 4) is 0 Å². The lowest BCUT2D eigenvalue weighted by Crippen LogP contribution is -2.28. The molecule has 0 unspecified atom stereocenters. The fourth-order valence-corrected chi connectivity index (χ4v) is 5.52. The van der Waals surface area contributed by atoms with Crippen LogP contribution in [0.5, 0.6) is 0 Å². The molecule has 0 bridgehead atoms. The van der Waals surface area contributed by atoms with Gasteiger partial charge in [-0.15, -0.1) is 0 Å². The molecule has 1 aromatic heterocycles. The maximum absolute atomic E-state index is 13.8. The van der Waals surface area contributed by atoms with Crippen LogP contribution >= 0.6 is 11.3 Å². The summed E-state index contributed by atoms with van der Waals surface area (Å²) in [5.74, 6) is -2.13. The molecule has 0 spiro atoms. The molecule has 1 amide bonds. The van der Waals surface area contributed by atoms with E-state index in [0.717, 1.165) is 36.3 Å². The lowest BCUT2D eigenvalue weighted by molar-refractivity contribution is 0.102. The van der Waals surface area contributed by atoms with Crippen LogP contribution in [0.3, 0.4) is 0 Å². The number of anilines is 1. The molecule has 2 heterocycles. The Morgan fingerprint density at radius 2 is 1.89 bits per heavy atom. The number of fused-ring (bicyclic) bond motifs is 1. The highest BCUT2D eigenvalue weighted by molar-refractivity contribution is 7.89. The first-order chi connectivity index (χ1) is 13.3. The minimum absolute atomic E-state index is 0.0351. The SMILES string of the molecule is O=C(Nc1nc2c(F)cc(F)cc2s1)c1cccc(S(=O)(=O)N2CCCC2)c1. The summed E-state index contributed by atoms with van der Waals surface area (Å²) < 4.78 is 54.1. The summed E-state index contributed by atoms with van der Waals surface area (Å²) in [7, 11) is -3.65. The normalized spacial score (nSPS) is 15.2. The number of nitrogens with zero attached hydrogens (tertiary/aromatic N) is 2. The van der Waals surface area contributed by atoms with Crippen molar-refractivity contribution in [2.75, 3.05) is 18.4 Å². The molecule has 1 aliphatic heterocycles. The van der Waals surface area contributed by atoms with Gasteiger partial charge in [0.05, 0.1) is 9.60 Å². The first-order valence-electron chi connectivity index (χ1n) is 8.52. The van der Waals surface area contributed by atoms with Crippen molar-refractivity contribution in [1.82, 2.24) is 9.29 Å². The maximum atomic E-state index is 13.8. The van der Waals surface area contributed by atoms with E-state index in [1.54, 1.807) is 0 Å². The van der Waals surface area contributed by atoms with E-state index in [9.17, 15) is 22.0 Å². The van der Waals surface area contributed by atoms with E-state index < -0.39 is 27.6 Å². The van der Waals surface area contributed by atoms with Gasteiger partial charge in [-0.1, -0.05) is 17.4 Å². The van der Waals surface area contributed by atoms with Crippen molar-refractivity contribution in [3.63, 3.8) is 0 Å². The first kappa shape index (κ1) is 18.9. The van der Waals surface area contributed by atoms with Gasteiger partial charge in [0.1, 0.15) is 11.3 Å². The average Bonchev–Trinajstić information content (AvgIpc) is 3.32. The van der Waals surface area contributed by atoms with Gasteiger partial charge in [0.15, 0.2) is 10.9 Å². The maximum Gasteiger partial charge on any atom is 0.257 e. The van der Waals surface area contributed by atoms with Gasteiger partial charge in [0.25, 0.3) is 5.91 Å². The fraction of sp³-hybridized carbons (Fsp3) is 0.222. The molecule has 28 heavy (non-hydrogen) atoms. The van der Waals surface area contributed by atoms with Crippen molar-refractivity contribution in [1.29, 1.82) is 0 Å². The molecule has 1 aliphatic rings. The molecule has 4 rings (SSSR count). The Morgan fingerprint density at radius 1 is 1.14 bits per heavy atom. The standard InChI is InChI=1S/C18H15F2N3O3S2/c19-12-9-14(20)16-15(10-12)27-18(21-16)22-17(24)11-4-3-5-13(8-11)28(25,26)23-6-1-2-7-23/h3-5,8-10H,1-2,6-7H2,(H,21,22,24). The van der Waals surface area contributed by atoms with Crippen molar-refractivity contribution in [2.24, 2.45) is 0 Å². The molecule has 1 N–H and O–H groups in total. The Kier molecular flexibility index (Phi) is 4.86. The van der Waals surface area contributed by atoms with Crippen molar-refractivity contribution < 1.29 is 22.0 Å². The number of carbonyl (C=O) groups excluding carboxylic acids is 1. The van der Waals surface area contributed by atoms with Crippen LogP contribution in [0.25, 0.3) is 10.2 Å². The van der Waals surface area contributed by atoms with Crippen LogP contribution in [-0.2, 0) is 10.0 Å². The quantitative estimate of drug-likeness (QED) is 0.695. The third-order valence-corrected chi connectivity index (χ3v) is 7.25. The van der Waals surface area contributed by atoms with Crippen LogP contribution in [-0.4, -0.2) is 36.7 Å². The van der Waals surface area contributed by atoms with Crippen molar-refractivity contribution in [3.05, 3.63) is 53.6 Å². The highest BCUT2D eigenvalue weighted by atomic mass is 32.2. The Bertz CT molecular complexity index is 1170. The van der Waals surface area contributed by atoms with Crippen LogP contribution in [0.2, 0.25) is 0 Å². The van der Waals surface area contributed by atoms with E-state index in [-0.39, 0.29) is 25.8 Å². The number of benzene rings is 2. The second-order valence-electron chi connectivity index (χ2n) is 6.35. The molecule has 146 valence electrons. The van der Waals surface area contributed by atoms with E-state index >= 15 is 0 Å². The zero-order chi connectivity index (χ0) is 19.9. The number of rotatable bonds is 4. The van der Waals surface area contributed by atoms with Gasteiger partial charge in [-0.2, -0.15) is 4.31 Å². The largest absolute Gasteiger partial charge is 0.298 e. The van der Waals surface area contributed by atoms with E-state index in [2.05, 4.69) is 10.3 Å². The molecule has 0 atom stereocenters. The molecule has 0 radical (unpaired) electrons. The zero-order valence-electron chi connectivity index (χ0n) is 14.5. The number of thiazole rings is 1. The van der Waals surface area contributed by atoms with Crippen LogP contribution < -0.4 is 5.32 Å². The lowest BCUT2D eigenvalue weighted by atomic mass is 10.2. The molecule has 6 nitrogen and oxygen atoms in total. The van der Waals surface area contributed by atoms with Gasteiger partial charge in [-0.25, -0.2) is 22.2 Å². The van der Waals surface area contributed by atoms with E-state index in [4.69, 9.17) is 0 Å². The Balaban J connectivity index is 1.60. The fourth-order valence-electron chi connectivity index (χ4n) is 3.06. The first-order valence-corrected chi connectivity index (χ1v) is 10.8. The summed E-state index contributed by atoms with van der Waals surface area (Å²) in [6.45, 7) is 0.930. The van der Waals surface area contributed by atoms with Gasteiger partial charge >= 0.3 is 0 Å². The number of sulfonamides is 1. The Hall–Kier alpha value is -2.43. The summed E-state index contributed by atoms with van der Waals surface area (Å²) in [6, 6.07) is 7.57. The minimum atomic E-state index is -3.65. The average molecular weight is 423 g/mol. The van der Waals surface area contributed by atoms with Crippen molar-refractivity contribution >= 4 is 42.6 Å². The highest BCUT2D eigenvalue weighted by Crippen LogP contribution is 2.29. The van der Waals surface area contributed by atoms with E-state index in [1.165, 1.54) is 28.6 Å². The Morgan fingerprint density at radius 3 is 2.64 bits per heavy atom. The van der Waals surface area contributed by atoms with Crippen LogP contribution in [0.1, 0.15) is 23.2 Å². The molecule has 1 saturated heterocycles. The van der Waals surface area contributed by atoms with Gasteiger partial charge in [-0.3, -0.25) is 10.1 Å². The van der Waals surface area contributed by atoms with Crippen molar-refractivity contribution in [2.45, 2.75) is 17.7 Å². The number of hydrogen-bond donors (Lipinski definition) is 1. The predicted octanol–water partition coefficient (Wildman–Crippen LogP) is 3.61. The monoisotopic (exact) mass is 423 g/mol. The van der Waals surface area contributed by atoms with Gasteiger partial charge < -0.3 is 0 Å². The molecule has 1 fully saturated rings. The topological polar surface area (TPSA) is 79.4 Å². The molecule has 3 aromatic rings. The Labute approximate surface area is 163 Å². The van der Waals surface area contributed by atoms with E-state index in [1.807, 2.05) is 0 Å². The summed E-state index contributed by atoms with van der Waals surface area (Å²) >= 11 is 0.929. The smallest absolute Gasteiger partial charge is 0.257 e. The predicted molar refractivity (Wildman–Crippen MR) is 102 cm³/mol. The molecule has 2 aromatic carbocycles. The van der Waals surface area contributed by atoms with Crippen LogP contribution in [0.15, 0.2) is 41.3 Å². The summed E-state index contributed by atoms with van der Waals surface area (Å²) in [5, 5.41) is 2.61. The highest BCUT2D eigenvalue weighted by Gasteiger charge is 2.27. The second-order valence-corrected chi connectivity index (χ2v) is 9.32. The second kappa shape index (κ2) is 7.19. The molecule has 10 heteroatoms. The number of nitrogens with one attached hydrogen (secondary N) is 1. The van der Waals surface area contributed by atoms with Gasteiger partial charge in [-0.05, 0) is 37.1 Å². The molecular weight excluding hydrogens is 408 g/mol. The number of amides is 1. The third-order valence-electron chi connectivity index (χ3n) is 4.43. The van der Waals surface area contributed by atoms with Crippen LogP contribution in [0, 0.1) is 11.6 Å². The summed E-state index contributed by atoms with van der Waals surface area (Å²) in [4.78, 5) is 16.5. The van der Waals surface area contributed by atoms with E-state index in [0.29, 0.717) is 13.1 Å². The third kappa shape index (κ3) is 3.50.